The highest BCUT2D eigenvalue weighted by Crippen LogP contribution is 2.26. The summed E-state index contributed by atoms with van der Waals surface area (Å²) < 4.78 is 0. The van der Waals surface area contributed by atoms with Gasteiger partial charge in [0.05, 0.1) is 13.1 Å². The van der Waals surface area contributed by atoms with Crippen molar-refractivity contribution in [3.8, 4) is 11.5 Å². The molecule has 0 spiro atoms. The molecule has 0 fully saturated rings. The van der Waals surface area contributed by atoms with Gasteiger partial charge in [-0.05, 0) is 35.8 Å². The molecule has 0 unspecified atom stereocenters. The van der Waals surface area contributed by atoms with Crippen molar-refractivity contribution in [2.24, 2.45) is 32.6 Å². The predicted octanol–water partition coefficient (Wildman–Crippen LogP) is 6.08. The molecule has 0 bridgehead atoms. The summed E-state index contributed by atoms with van der Waals surface area (Å²) in [6, 6.07) is 10.8. The van der Waals surface area contributed by atoms with Gasteiger partial charge < -0.3 is 10.2 Å². The van der Waals surface area contributed by atoms with Crippen LogP contribution in [0.3, 0.4) is 0 Å². The zero-order chi connectivity index (χ0) is 23.5. The van der Waals surface area contributed by atoms with Crippen LogP contribution in [0.4, 0.5) is 4.79 Å². The molecule has 2 aromatic carbocycles. The van der Waals surface area contributed by atoms with Gasteiger partial charge in [0, 0.05) is 21.7 Å². The minimum absolute atomic E-state index is 0.0402. The third-order valence-electron chi connectivity index (χ3n) is 4.49. The van der Waals surface area contributed by atoms with Crippen LogP contribution >= 0.6 is 0 Å². The molecule has 0 heterocycles. The molecule has 0 aromatic heterocycles. The van der Waals surface area contributed by atoms with E-state index in [1.165, 1.54) is 0 Å². The average molecular weight is 443 g/mol. The first-order valence-electron chi connectivity index (χ1n) is 10.5. The number of para-hydroxylation sites is 2. The van der Waals surface area contributed by atoms with E-state index in [-0.39, 0.29) is 24.6 Å². The molecular weight excluding hydrogens is 412 g/mol. The van der Waals surface area contributed by atoms with E-state index in [0.29, 0.717) is 23.0 Å². The topological polar surface area (TPSA) is 125 Å². The van der Waals surface area contributed by atoms with Crippen molar-refractivity contribution in [1.82, 2.24) is 0 Å². The first-order valence-corrected chi connectivity index (χ1v) is 10.5. The van der Waals surface area contributed by atoms with E-state index < -0.39 is 6.16 Å². The van der Waals surface area contributed by atoms with Gasteiger partial charge in [0.1, 0.15) is 11.5 Å². The number of hydrogen-bond donors (Lipinski definition) is 2. The molecule has 32 heavy (non-hydrogen) atoms. The zero-order valence-corrected chi connectivity index (χ0v) is 18.9. The molecule has 9 nitrogen and oxygen atoms in total. The van der Waals surface area contributed by atoms with E-state index in [2.05, 4.69) is 58.2 Å². The lowest BCUT2D eigenvalue weighted by molar-refractivity contribution is 0.0455. The Morgan fingerprint density at radius 2 is 1.12 bits per heavy atom. The van der Waals surface area contributed by atoms with Gasteiger partial charge in [-0.15, -0.1) is 10.2 Å². The molecule has 172 valence electrons. The van der Waals surface area contributed by atoms with Crippen molar-refractivity contribution in [1.29, 1.82) is 0 Å². The smallest absolute Gasteiger partial charge is 0.507 e. The Labute approximate surface area is 187 Å². The molecule has 0 aliphatic heterocycles. The van der Waals surface area contributed by atoms with E-state index in [0.717, 1.165) is 24.0 Å². The summed E-state index contributed by atoms with van der Waals surface area (Å²) in [5.74, 6) is 1.13. The molecule has 0 saturated carbocycles. The van der Waals surface area contributed by atoms with Crippen LogP contribution in [0.25, 0.3) is 0 Å². The van der Waals surface area contributed by atoms with E-state index >= 15 is 0 Å². The van der Waals surface area contributed by atoms with Gasteiger partial charge in [-0.2, -0.15) is 4.79 Å². The summed E-state index contributed by atoms with van der Waals surface area (Å²) >= 11 is 0. The monoisotopic (exact) mass is 442 g/mol. The number of carbonyl (C=O) groups excluding carboxylic acids is 1. The summed E-state index contributed by atoms with van der Waals surface area (Å²) in [5.41, 5.74) is 2.80. The maximum absolute atomic E-state index is 11.5. The first kappa shape index (κ1) is 24.8. The highest BCUT2D eigenvalue weighted by Gasteiger charge is 2.10. The molecule has 0 aliphatic carbocycles. The van der Waals surface area contributed by atoms with Crippen LogP contribution in [0.5, 0.6) is 11.5 Å². The first-order chi connectivity index (χ1) is 15.3. The maximum atomic E-state index is 11.5. The highest BCUT2D eigenvalue weighted by molar-refractivity contribution is 5.59. The fourth-order valence-electron chi connectivity index (χ4n) is 3.10. The second-order valence-corrected chi connectivity index (χ2v) is 8.24. The largest absolute Gasteiger partial charge is 0.565 e. The normalized spacial score (nSPS) is 11.7. The van der Waals surface area contributed by atoms with Crippen molar-refractivity contribution in [2.45, 2.75) is 53.6 Å². The van der Waals surface area contributed by atoms with Crippen LogP contribution in [0.2, 0.25) is 0 Å². The van der Waals surface area contributed by atoms with Crippen molar-refractivity contribution in [2.75, 3.05) is 0 Å². The molecule has 2 rings (SSSR count). The third-order valence-corrected chi connectivity index (χ3v) is 4.49. The van der Waals surface area contributed by atoms with Crippen LogP contribution < -0.4 is 0 Å². The van der Waals surface area contributed by atoms with Crippen molar-refractivity contribution < 1.29 is 24.7 Å². The third kappa shape index (κ3) is 7.98. The maximum Gasteiger partial charge on any atom is 0.565 e. The number of hydrogen-bond acceptors (Lipinski definition) is 9. The molecule has 2 N–H and O–H groups in total. The highest BCUT2D eigenvalue weighted by atomic mass is 16.9. The van der Waals surface area contributed by atoms with Crippen LogP contribution in [0.1, 0.15) is 49.9 Å². The van der Waals surface area contributed by atoms with Gasteiger partial charge in [-0.1, -0.05) is 64.1 Å². The summed E-state index contributed by atoms with van der Waals surface area (Å²) in [7, 11) is 0. The van der Waals surface area contributed by atoms with Crippen LogP contribution in [0, 0.1) is 11.8 Å². The number of benzene rings is 2. The second kappa shape index (κ2) is 12.4. The van der Waals surface area contributed by atoms with Gasteiger partial charge in [-0.25, -0.2) is 0 Å². The van der Waals surface area contributed by atoms with Gasteiger partial charge >= 0.3 is 6.16 Å². The number of phenolic OH excluding ortho intramolecular Hbond substituents is 2. The van der Waals surface area contributed by atoms with Crippen molar-refractivity contribution >= 4 is 6.16 Å². The Morgan fingerprint density at radius 1 is 0.750 bits per heavy atom. The summed E-state index contributed by atoms with van der Waals surface area (Å²) in [6.07, 6.45) is 0.280. The van der Waals surface area contributed by atoms with Crippen LogP contribution in [0.15, 0.2) is 57.2 Å². The molecule has 2 aromatic rings. The number of carbonyl (C=O) groups is 1. The fourth-order valence-corrected chi connectivity index (χ4v) is 3.10. The summed E-state index contributed by atoms with van der Waals surface area (Å²) in [4.78, 5) is 20.4. The lowest BCUT2D eigenvalue weighted by Crippen LogP contribution is -1.98. The van der Waals surface area contributed by atoms with E-state index in [9.17, 15) is 15.0 Å². The number of aromatic hydroxyl groups is 2. The van der Waals surface area contributed by atoms with Crippen molar-refractivity contribution in [3.63, 3.8) is 0 Å². The van der Waals surface area contributed by atoms with Gasteiger partial charge in [-0.3, -0.25) is 9.68 Å². The Bertz CT molecular complexity index is 882. The van der Waals surface area contributed by atoms with Crippen molar-refractivity contribution in [3.05, 3.63) is 58.7 Å². The van der Waals surface area contributed by atoms with Gasteiger partial charge in [0.2, 0.25) is 0 Å². The van der Waals surface area contributed by atoms with E-state index in [1.54, 1.807) is 12.1 Å². The number of rotatable bonds is 10. The van der Waals surface area contributed by atoms with Crippen LogP contribution in [-0.4, -0.2) is 16.4 Å². The zero-order valence-electron chi connectivity index (χ0n) is 18.9. The molecular formula is C23H30N4O5. The van der Waals surface area contributed by atoms with Gasteiger partial charge in [0.25, 0.3) is 0 Å². The van der Waals surface area contributed by atoms with Crippen LogP contribution in [-0.2, 0) is 35.6 Å². The quantitative estimate of drug-likeness (QED) is 0.340. The Morgan fingerprint density at radius 3 is 1.50 bits per heavy atom. The standard InChI is InChI=1S/C23H30N4O5/c1-15(2)11-17-7-5-9-19(21(17)28)13-24-26-31-23(30)32-27-25-14-20-10-6-8-18(22(20)29)12-16(3)4/h5-10,15-16,28-29H,11-14H2,1-4H3. The molecule has 0 atom stereocenters. The lowest BCUT2D eigenvalue weighted by atomic mass is 9.99. The Hall–Kier alpha value is -3.49. The van der Waals surface area contributed by atoms with E-state index in [1.807, 2.05) is 24.3 Å². The molecule has 0 aliphatic rings. The van der Waals surface area contributed by atoms with Gasteiger partial charge in [0.15, 0.2) is 0 Å². The minimum Gasteiger partial charge on any atom is -0.507 e. The average Bonchev–Trinajstić information content (AvgIpc) is 2.73. The number of nitrogens with zero attached hydrogens (tertiary/aromatic N) is 4. The molecule has 0 radical (unpaired) electrons. The Kier molecular flexibility index (Phi) is 9.59. The predicted molar refractivity (Wildman–Crippen MR) is 118 cm³/mol. The molecule has 0 amide bonds. The SMILES string of the molecule is CC(C)Cc1cccc(CN=NOC(=O)ON=NCc2cccc(CC(C)C)c2O)c1O. The number of phenols is 2. The fraction of sp³-hybridized carbons (Fsp3) is 0.435. The molecule has 0 saturated heterocycles. The second-order valence-electron chi connectivity index (χ2n) is 8.24. The summed E-state index contributed by atoms with van der Waals surface area (Å²) in [5, 5.41) is 34.6. The lowest BCUT2D eigenvalue weighted by Gasteiger charge is -2.09. The summed E-state index contributed by atoms with van der Waals surface area (Å²) in [6.45, 7) is 8.34. The Balaban J connectivity index is 1.79. The minimum atomic E-state index is -1.20. The van der Waals surface area contributed by atoms with E-state index in [4.69, 9.17) is 0 Å². The molecule has 9 heteroatoms.